The van der Waals surface area contributed by atoms with Crippen LogP contribution >= 0.6 is 0 Å². The van der Waals surface area contributed by atoms with Gasteiger partial charge in [-0.25, -0.2) is 9.78 Å². The van der Waals surface area contributed by atoms with Crippen LogP contribution in [0.25, 0.3) is 10.9 Å². The summed E-state index contributed by atoms with van der Waals surface area (Å²) in [6, 6.07) is 5.84. The zero-order valence-corrected chi connectivity index (χ0v) is 25.0. The fraction of sp³-hybridized carbons (Fsp3) is 0.567. The lowest BCUT2D eigenvalue weighted by Crippen LogP contribution is -2.57. The van der Waals surface area contributed by atoms with Crippen LogP contribution in [0.4, 0.5) is 0 Å². The largest absolute Gasteiger partial charge is 0.508 e. The standard InChI is InChI=1S/C30H44N4O7/c1-17(2)15-23(28(37)34-27(19(5)6)30(39)40-7)32-29(38)26(18(3)4)33-24(36)9-8-14-41-25-13-11-20-10-12-21(35)16-22(20)31-25/h10-13,16-19,23,26-27,35H,8-9,14-15H2,1-7H3,(H,32,38)(H,33,36)(H,34,37)/t23-,26-,27-/m0/s1. The summed E-state index contributed by atoms with van der Waals surface area (Å²) in [5.41, 5.74) is 0.598. The van der Waals surface area contributed by atoms with Gasteiger partial charge in [-0.1, -0.05) is 41.5 Å². The molecule has 2 rings (SSSR count). The molecule has 0 aliphatic carbocycles. The van der Waals surface area contributed by atoms with Crippen molar-refractivity contribution in [2.75, 3.05) is 13.7 Å². The van der Waals surface area contributed by atoms with Gasteiger partial charge in [0.05, 0.1) is 19.2 Å². The highest BCUT2D eigenvalue weighted by atomic mass is 16.5. The number of fused-ring (bicyclic) bond motifs is 1. The Kier molecular flexibility index (Phi) is 12.8. The average molecular weight is 573 g/mol. The van der Waals surface area contributed by atoms with E-state index >= 15 is 0 Å². The molecular weight excluding hydrogens is 528 g/mol. The number of benzene rings is 1. The van der Waals surface area contributed by atoms with E-state index in [0.717, 1.165) is 5.39 Å². The Morgan fingerprint density at radius 1 is 0.878 bits per heavy atom. The van der Waals surface area contributed by atoms with Crippen molar-refractivity contribution in [1.29, 1.82) is 0 Å². The fourth-order valence-corrected chi connectivity index (χ4v) is 4.20. The predicted molar refractivity (Wildman–Crippen MR) is 155 cm³/mol. The van der Waals surface area contributed by atoms with Crippen LogP contribution in [0, 0.1) is 17.8 Å². The SMILES string of the molecule is COC(=O)[C@@H](NC(=O)[C@H](CC(C)C)NC(=O)[C@@H](NC(=O)CCCOc1ccc2ccc(O)cc2n1)C(C)C)C(C)C. The zero-order valence-electron chi connectivity index (χ0n) is 25.0. The van der Waals surface area contributed by atoms with Gasteiger partial charge in [-0.05, 0) is 48.8 Å². The van der Waals surface area contributed by atoms with Gasteiger partial charge >= 0.3 is 5.97 Å². The number of rotatable bonds is 15. The molecule has 0 saturated carbocycles. The second-order valence-electron chi connectivity index (χ2n) is 11.2. The van der Waals surface area contributed by atoms with Crippen molar-refractivity contribution in [2.24, 2.45) is 17.8 Å². The lowest BCUT2D eigenvalue weighted by atomic mass is 9.98. The predicted octanol–water partition coefficient (Wildman–Crippen LogP) is 3.08. The van der Waals surface area contributed by atoms with Gasteiger partial charge < -0.3 is 30.5 Å². The summed E-state index contributed by atoms with van der Waals surface area (Å²) in [4.78, 5) is 55.5. The summed E-state index contributed by atoms with van der Waals surface area (Å²) in [6.45, 7) is 11.3. The second kappa shape index (κ2) is 15.8. The highest BCUT2D eigenvalue weighted by molar-refractivity contribution is 5.93. The van der Waals surface area contributed by atoms with Gasteiger partial charge in [0.2, 0.25) is 23.6 Å². The first kappa shape index (κ1) is 33.3. The van der Waals surface area contributed by atoms with Crippen molar-refractivity contribution in [3.63, 3.8) is 0 Å². The molecule has 1 heterocycles. The zero-order chi connectivity index (χ0) is 30.7. The third kappa shape index (κ3) is 10.5. The Labute approximate surface area is 241 Å². The van der Waals surface area contributed by atoms with Crippen molar-refractivity contribution >= 4 is 34.6 Å². The molecule has 2 aromatic rings. The maximum atomic E-state index is 13.2. The minimum atomic E-state index is -0.892. The molecule has 0 aliphatic rings. The number of methoxy groups -OCH3 is 1. The molecule has 4 N–H and O–H groups in total. The van der Waals surface area contributed by atoms with Gasteiger partial charge in [0, 0.05) is 23.9 Å². The number of esters is 1. The lowest BCUT2D eigenvalue weighted by Gasteiger charge is -2.28. The number of carbonyl (C=O) groups excluding carboxylic acids is 4. The van der Waals surface area contributed by atoms with Crippen molar-refractivity contribution in [1.82, 2.24) is 20.9 Å². The van der Waals surface area contributed by atoms with Crippen LogP contribution < -0.4 is 20.7 Å². The summed E-state index contributed by atoms with van der Waals surface area (Å²) in [6.07, 6.45) is 0.860. The van der Waals surface area contributed by atoms with Crippen molar-refractivity contribution in [3.05, 3.63) is 30.3 Å². The monoisotopic (exact) mass is 572 g/mol. The molecule has 0 unspecified atom stereocenters. The van der Waals surface area contributed by atoms with Gasteiger partial charge in [-0.3, -0.25) is 14.4 Å². The fourth-order valence-electron chi connectivity index (χ4n) is 4.20. The van der Waals surface area contributed by atoms with Crippen LogP contribution in [0.2, 0.25) is 0 Å². The van der Waals surface area contributed by atoms with E-state index in [1.165, 1.54) is 7.11 Å². The number of hydrogen-bond acceptors (Lipinski definition) is 8. The molecule has 0 saturated heterocycles. The summed E-state index contributed by atoms with van der Waals surface area (Å²) in [5, 5.41) is 18.8. The van der Waals surface area contributed by atoms with Crippen LogP contribution in [0.3, 0.4) is 0 Å². The molecule has 0 fully saturated rings. The van der Waals surface area contributed by atoms with E-state index in [-0.39, 0.29) is 42.4 Å². The molecule has 41 heavy (non-hydrogen) atoms. The highest BCUT2D eigenvalue weighted by Crippen LogP contribution is 2.21. The topological polar surface area (TPSA) is 156 Å². The van der Waals surface area contributed by atoms with E-state index in [1.54, 1.807) is 52.0 Å². The van der Waals surface area contributed by atoms with Gasteiger partial charge in [0.1, 0.15) is 23.9 Å². The number of hydrogen-bond donors (Lipinski definition) is 4. The van der Waals surface area contributed by atoms with E-state index in [0.29, 0.717) is 24.2 Å². The number of nitrogens with one attached hydrogen (secondary N) is 3. The number of aromatic hydroxyl groups is 1. The maximum absolute atomic E-state index is 13.2. The van der Waals surface area contributed by atoms with Gasteiger partial charge in [0.25, 0.3) is 0 Å². The summed E-state index contributed by atoms with van der Waals surface area (Å²) >= 11 is 0. The normalized spacial score (nSPS) is 13.5. The van der Waals surface area contributed by atoms with Crippen LogP contribution in [-0.2, 0) is 23.9 Å². The second-order valence-corrected chi connectivity index (χ2v) is 11.2. The molecule has 1 aromatic carbocycles. The molecule has 1 aromatic heterocycles. The number of aromatic nitrogens is 1. The van der Waals surface area contributed by atoms with Gasteiger partial charge in [-0.2, -0.15) is 0 Å². The first-order valence-corrected chi connectivity index (χ1v) is 14.0. The minimum Gasteiger partial charge on any atom is -0.508 e. The molecule has 0 radical (unpaired) electrons. The Morgan fingerprint density at radius 3 is 2.15 bits per heavy atom. The van der Waals surface area contributed by atoms with Gasteiger partial charge in [0.15, 0.2) is 0 Å². The quantitative estimate of drug-likeness (QED) is 0.187. The summed E-state index contributed by atoms with van der Waals surface area (Å²) in [5.74, 6) is -1.73. The molecule has 11 heteroatoms. The molecule has 0 bridgehead atoms. The Balaban J connectivity index is 1.95. The highest BCUT2D eigenvalue weighted by Gasteiger charge is 2.32. The number of nitrogens with zero attached hydrogens (tertiary/aromatic N) is 1. The molecule has 3 atom stereocenters. The van der Waals surface area contributed by atoms with E-state index in [2.05, 4.69) is 20.9 Å². The van der Waals surface area contributed by atoms with Crippen molar-refractivity contribution in [2.45, 2.75) is 78.9 Å². The Morgan fingerprint density at radius 2 is 1.54 bits per heavy atom. The molecule has 11 nitrogen and oxygen atoms in total. The van der Waals surface area contributed by atoms with E-state index in [1.807, 2.05) is 19.9 Å². The minimum absolute atomic E-state index is 0.0801. The Bertz CT molecular complexity index is 1200. The van der Waals surface area contributed by atoms with E-state index in [4.69, 9.17) is 9.47 Å². The molecule has 0 spiro atoms. The number of pyridine rings is 1. The van der Waals surface area contributed by atoms with Crippen LogP contribution in [0.15, 0.2) is 30.3 Å². The first-order valence-electron chi connectivity index (χ1n) is 14.0. The van der Waals surface area contributed by atoms with Crippen LogP contribution in [-0.4, -0.2) is 65.6 Å². The number of phenolic OH excluding ortho intramolecular Hbond substituents is 1. The average Bonchev–Trinajstić information content (AvgIpc) is 2.90. The molecule has 226 valence electrons. The van der Waals surface area contributed by atoms with Crippen molar-refractivity contribution in [3.8, 4) is 11.6 Å². The summed E-state index contributed by atoms with van der Waals surface area (Å²) < 4.78 is 10.5. The number of ether oxygens (including phenoxy) is 2. The number of carbonyl (C=O) groups is 4. The molecule has 0 aliphatic heterocycles. The van der Waals surface area contributed by atoms with E-state index in [9.17, 15) is 24.3 Å². The third-order valence-electron chi connectivity index (χ3n) is 6.47. The number of amides is 3. The third-order valence-corrected chi connectivity index (χ3v) is 6.47. The van der Waals surface area contributed by atoms with Crippen molar-refractivity contribution < 1.29 is 33.8 Å². The number of phenols is 1. The van der Waals surface area contributed by atoms with E-state index < -0.39 is 35.9 Å². The van der Waals surface area contributed by atoms with Crippen LogP contribution in [0.5, 0.6) is 11.6 Å². The molecular formula is C30H44N4O7. The lowest BCUT2D eigenvalue weighted by molar-refractivity contribution is -0.146. The van der Waals surface area contributed by atoms with Crippen LogP contribution in [0.1, 0.15) is 60.8 Å². The summed E-state index contributed by atoms with van der Waals surface area (Å²) in [7, 11) is 1.26. The van der Waals surface area contributed by atoms with Gasteiger partial charge in [-0.15, -0.1) is 0 Å². The first-order chi connectivity index (χ1) is 19.3. The maximum Gasteiger partial charge on any atom is 0.328 e. The molecule has 3 amide bonds. The smallest absolute Gasteiger partial charge is 0.328 e. The Hall–Kier alpha value is -3.89.